The third-order valence-corrected chi connectivity index (χ3v) is 9.41. The zero-order valence-corrected chi connectivity index (χ0v) is 28.8. The highest BCUT2D eigenvalue weighted by Crippen LogP contribution is 2.58. The number of halogens is 1. The number of hydrogen-bond acceptors (Lipinski definition) is 7. The van der Waals surface area contributed by atoms with Gasteiger partial charge in [-0.15, -0.1) is 0 Å². The molecule has 47 heavy (non-hydrogen) atoms. The van der Waals surface area contributed by atoms with Gasteiger partial charge in [0.05, 0.1) is 59.5 Å². The summed E-state index contributed by atoms with van der Waals surface area (Å²) in [5.41, 5.74) is 12.0. The van der Waals surface area contributed by atoms with E-state index in [1.54, 1.807) is 34.3 Å². The fourth-order valence-corrected chi connectivity index (χ4v) is 7.27. The molecule has 0 spiro atoms. The zero-order chi connectivity index (χ0) is 33.2. The van der Waals surface area contributed by atoms with Crippen LogP contribution in [0.15, 0.2) is 36.4 Å². The fraction of sp³-hybridized carbons (Fsp3) is 0.538. The molecule has 1 aliphatic heterocycles. The van der Waals surface area contributed by atoms with Crippen LogP contribution in [0, 0.1) is 19.7 Å². The van der Waals surface area contributed by atoms with Crippen molar-refractivity contribution in [3.05, 3.63) is 81.2 Å². The molecule has 1 heterocycles. The number of rotatable bonds is 20. The minimum absolute atomic E-state index is 0.225. The molecule has 0 radical (unpaired) electrons. The summed E-state index contributed by atoms with van der Waals surface area (Å²) in [7, 11) is 5.05. The second-order valence-corrected chi connectivity index (χ2v) is 12.7. The Balaban J connectivity index is 1.62. The molecular weight excluding hydrogens is 599 g/mol. The summed E-state index contributed by atoms with van der Waals surface area (Å²) in [6.45, 7) is 9.99. The molecule has 2 aliphatic rings. The highest BCUT2D eigenvalue weighted by atomic mass is 19.1. The largest absolute Gasteiger partial charge is 0.382 e. The molecule has 0 saturated carbocycles. The molecule has 7 nitrogen and oxygen atoms in total. The van der Waals surface area contributed by atoms with E-state index < -0.39 is 0 Å². The SMILES string of the molecule is COCCOCCCC1(CCCOCCOC)c2cc(C)cc3c2-c2c(cc(-c4cc(F)c(C)cc4COCCOC)cc21)COC3. The van der Waals surface area contributed by atoms with E-state index >= 15 is 4.39 Å². The molecule has 3 aromatic carbocycles. The van der Waals surface area contributed by atoms with E-state index in [4.69, 9.17) is 33.2 Å². The Morgan fingerprint density at radius 2 is 1.23 bits per heavy atom. The Kier molecular flexibility index (Phi) is 13.0. The van der Waals surface area contributed by atoms with Crippen LogP contribution in [0.1, 0.15) is 64.6 Å². The minimum Gasteiger partial charge on any atom is -0.382 e. The van der Waals surface area contributed by atoms with E-state index in [2.05, 4.69) is 31.2 Å². The summed E-state index contributed by atoms with van der Waals surface area (Å²) in [6, 6.07) is 12.8. The van der Waals surface area contributed by atoms with Crippen molar-refractivity contribution in [1.82, 2.24) is 0 Å². The van der Waals surface area contributed by atoms with E-state index in [1.807, 2.05) is 6.07 Å². The molecule has 0 fully saturated rings. The lowest BCUT2D eigenvalue weighted by Gasteiger charge is -2.34. The lowest BCUT2D eigenvalue weighted by Crippen LogP contribution is -2.27. The van der Waals surface area contributed by atoms with Crippen molar-refractivity contribution in [3.8, 4) is 22.3 Å². The van der Waals surface area contributed by atoms with Gasteiger partial charge >= 0.3 is 0 Å². The molecule has 0 atom stereocenters. The van der Waals surface area contributed by atoms with Crippen LogP contribution in [0.2, 0.25) is 0 Å². The Morgan fingerprint density at radius 3 is 1.85 bits per heavy atom. The number of ether oxygens (including phenoxy) is 7. The molecular formula is C39H51FO7. The Bertz CT molecular complexity index is 1470. The molecule has 1 aliphatic carbocycles. The zero-order valence-electron chi connectivity index (χ0n) is 28.8. The molecule has 0 amide bonds. The van der Waals surface area contributed by atoms with Crippen molar-refractivity contribution in [2.75, 3.05) is 74.2 Å². The van der Waals surface area contributed by atoms with Gasteiger partial charge in [-0.3, -0.25) is 0 Å². The minimum atomic E-state index is -0.263. The van der Waals surface area contributed by atoms with Crippen molar-refractivity contribution >= 4 is 0 Å². The quantitative estimate of drug-likeness (QED) is 0.118. The smallest absolute Gasteiger partial charge is 0.126 e. The predicted octanol–water partition coefficient (Wildman–Crippen LogP) is 7.46. The normalized spacial score (nSPS) is 14.4. The van der Waals surface area contributed by atoms with Gasteiger partial charge in [0.25, 0.3) is 0 Å². The Hall–Kier alpha value is -2.69. The number of hydrogen-bond donors (Lipinski definition) is 0. The first-order valence-corrected chi connectivity index (χ1v) is 16.8. The van der Waals surface area contributed by atoms with Crippen LogP contribution in [-0.2, 0) is 58.4 Å². The first-order valence-electron chi connectivity index (χ1n) is 16.8. The lowest BCUT2D eigenvalue weighted by molar-refractivity contribution is 0.0618. The van der Waals surface area contributed by atoms with E-state index in [1.165, 1.54) is 33.4 Å². The first-order chi connectivity index (χ1) is 22.9. The van der Waals surface area contributed by atoms with E-state index in [-0.39, 0.29) is 11.2 Å². The van der Waals surface area contributed by atoms with Gasteiger partial charge in [0.2, 0.25) is 0 Å². The lowest BCUT2D eigenvalue weighted by atomic mass is 9.70. The van der Waals surface area contributed by atoms with E-state index in [0.29, 0.717) is 78.2 Å². The van der Waals surface area contributed by atoms with Crippen LogP contribution in [0.4, 0.5) is 4.39 Å². The Morgan fingerprint density at radius 1 is 0.660 bits per heavy atom. The molecule has 0 saturated heterocycles. The molecule has 0 aromatic heterocycles. The average Bonchev–Trinajstić information content (AvgIpc) is 3.19. The van der Waals surface area contributed by atoms with Gasteiger partial charge in [-0.25, -0.2) is 4.39 Å². The van der Waals surface area contributed by atoms with Gasteiger partial charge in [-0.05, 0) is 113 Å². The van der Waals surface area contributed by atoms with Crippen LogP contribution in [-0.4, -0.2) is 74.2 Å². The standard InChI is InChI=1S/C39H51FO7/c1-27-18-31-25-47-26-32-21-29(33-23-36(40)28(2)20-30(33)24-46-17-14-43-5)22-35-38(32)37(31)34(19-27)39(35,8-6-10-44-15-12-41-3)9-7-11-45-16-13-42-4/h18-23H,6-17,24-26H2,1-5H3. The van der Waals surface area contributed by atoms with Crippen molar-refractivity contribution < 1.29 is 37.5 Å². The third-order valence-electron chi connectivity index (χ3n) is 9.41. The Labute approximate surface area is 279 Å². The first kappa shape index (κ1) is 35.6. The van der Waals surface area contributed by atoms with E-state index in [9.17, 15) is 0 Å². The third kappa shape index (κ3) is 8.14. The van der Waals surface area contributed by atoms with Crippen molar-refractivity contribution in [2.24, 2.45) is 0 Å². The van der Waals surface area contributed by atoms with Gasteiger partial charge in [0.1, 0.15) is 5.82 Å². The van der Waals surface area contributed by atoms with Crippen LogP contribution in [0.25, 0.3) is 22.3 Å². The molecule has 0 unspecified atom stereocenters. The van der Waals surface area contributed by atoms with Crippen molar-refractivity contribution in [3.63, 3.8) is 0 Å². The fourth-order valence-electron chi connectivity index (χ4n) is 7.27. The summed E-state index contributed by atoms with van der Waals surface area (Å²) in [6.07, 6.45) is 3.62. The summed E-state index contributed by atoms with van der Waals surface area (Å²) in [5, 5.41) is 0. The summed E-state index contributed by atoms with van der Waals surface area (Å²) in [5.74, 6) is -0.225. The van der Waals surface area contributed by atoms with Crippen LogP contribution < -0.4 is 0 Å². The van der Waals surface area contributed by atoms with Crippen molar-refractivity contribution in [1.29, 1.82) is 0 Å². The maximum atomic E-state index is 15.3. The summed E-state index contributed by atoms with van der Waals surface area (Å²) < 4.78 is 55.1. The number of aryl methyl sites for hydroxylation is 2. The van der Waals surface area contributed by atoms with Gasteiger partial charge in [0.15, 0.2) is 0 Å². The van der Waals surface area contributed by atoms with Crippen LogP contribution in [0.3, 0.4) is 0 Å². The summed E-state index contributed by atoms with van der Waals surface area (Å²) in [4.78, 5) is 0. The van der Waals surface area contributed by atoms with Gasteiger partial charge in [-0.1, -0.05) is 23.8 Å². The second-order valence-electron chi connectivity index (χ2n) is 12.7. The van der Waals surface area contributed by atoms with Gasteiger partial charge < -0.3 is 33.2 Å². The van der Waals surface area contributed by atoms with Gasteiger partial charge in [0, 0.05) is 40.0 Å². The topological polar surface area (TPSA) is 64.6 Å². The maximum absolute atomic E-state index is 15.3. The highest BCUT2D eigenvalue weighted by Gasteiger charge is 2.45. The molecule has 256 valence electrons. The second kappa shape index (κ2) is 17.1. The molecule has 5 rings (SSSR count). The molecule has 0 bridgehead atoms. The van der Waals surface area contributed by atoms with Crippen LogP contribution >= 0.6 is 0 Å². The van der Waals surface area contributed by atoms with Gasteiger partial charge in [-0.2, -0.15) is 0 Å². The highest BCUT2D eigenvalue weighted by molar-refractivity contribution is 5.89. The average molecular weight is 651 g/mol. The predicted molar refractivity (Wildman–Crippen MR) is 181 cm³/mol. The van der Waals surface area contributed by atoms with Crippen molar-refractivity contribution in [2.45, 2.75) is 64.8 Å². The van der Waals surface area contributed by atoms with E-state index in [0.717, 1.165) is 47.9 Å². The molecule has 3 aromatic rings. The maximum Gasteiger partial charge on any atom is 0.126 e. The monoisotopic (exact) mass is 650 g/mol. The number of benzene rings is 3. The number of methoxy groups -OCH3 is 3. The van der Waals surface area contributed by atoms with Crippen LogP contribution in [0.5, 0.6) is 0 Å². The molecule has 8 heteroatoms. The molecule has 0 N–H and O–H groups in total. The summed E-state index contributed by atoms with van der Waals surface area (Å²) >= 11 is 0.